The van der Waals surface area contributed by atoms with E-state index < -0.39 is 23.6 Å². The van der Waals surface area contributed by atoms with E-state index in [1.165, 1.54) is 4.90 Å². The van der Waals surface area contributed by atoms with Crippen LogP contribution in [0.1, 0.15) is 52.0 Å². The second kappa shape index (κ2) is 14.6. The van der Waals surface area contributed by atoms with Crippen LogP contribution in [-0.4, -0.2) is 66.3 Å². The van der Waals surface area contributed by atoms with Gasteiger partial charge >= 0.3 is 6.09 Å². The van der Waals surface area contributed by atoms with Crippen molar-refractivity contribution in [3.63, 3.8) is 0 Å². The van der Waals surface area contributed by atoms with Gasteiger partial charge in [0.05, 0.1) is 29.1 Å². The van der Waals surface area contributed by atoms with E-state index in [1.54, 1.807) is 30.6 Å². The molecule has 0 radical (unpaired) electrons. The Labute approximate surface area is 290 Å². The molecule has 0 aliphatic heterocycles. The fourth-order valence-electron chi connectivity index (χ4n) is 6.40. The van der Waals surface area contributed by atoms with E-state index in [9.17, 15) is 14.4 Å². The van der Waals surface area contributed by atoms with Gasteiger partial charge in [-0.2, -0.15) is 5.21 Å². The lowest BCUT2D eigenvalue weighted by Gasteiger charge is -2.32. The number of imidazole rings is 1. The van der Waals surface area contributed by atoms with E-state index in [-0.39, 0.29) is 24.2 Å². The fraction of sp³-hybridized carbons (Fsp3) is 0.378. The summed E-state index contributed by atoms with van der Waals surface area (Å²) in [4.78, 5) is 46.1. The first-order valence-electron chi connectivity index (χ1n) is 16.9. The number of carbonyl (C=O) groups is 3. The lowest BCUT2D eigenvalue weighted by Crippen LogP contribution is -2.50. The number of imide groups is 1. The Hall–Kier alpha value is -5.43. The SMILES string of the molecule is Cn1cnc2cc(-c3ccc(C[C@H](N)C(=O)N(C(=O)C4CCC(CNC(=O)OC(C)(C)C)CC4)c4ccc(-c5nn[nH]n5)cc4)cc3)ccc21. The fourth-order valence-corrected chi connectivity index (χ4v) is 6.40. The van der Waals surface area contributed by atoms with E-state index in [0.717, 1.165) is 40.6 Å². The van der Waals surface area contributed by atoms with Crippen molar-refractivity contribution < 1.29 is 19.1 Å². The number of amides is 3. The lowest BCUT2D eigenvalue weighted by molar-refractivity contribution is -0.130. The minimum absolute atomic E-state index is 0.209. The number of benzene rings is 3. The number of carbonyl (C=O) groups excluding carboxylic acids is 3. The molecule has 1 saturated carbocycles. The lowest BCUT2D eigenvalue weighted by atomic mass is 9.81. The predicted octanol–water partition coefficient (Wildman–Crippen LogP) is 5.18. The number of hydrogen-bond donors (Lipinski definition) is 3. The summed E-state index contributed by atoms with van der Waals surface area (Å²) in [5.74, 6) is -0.506. The number of ether oxygens (including phenoxy) is 1. The maximum absolute atomic E-state index is 14.1. The highest BCUT2D eigenvalue weighted by molar-refractivity contribution is 6.17. The molecule has 13 nitrogen and oxygen atoms in total. The van der Waals surface area contributed by atoms with Crippen LogP contribution in [-0.2, 0) is 27.8 Å². The zero-order valence-corrected chi connectivity index (χ0v) is 28.8. The molecule has 1 atom stereocenters. The van der Waals surface area contributed by atoms with Crippen LogP contribution in [0.2, 0.25) is 0 Å². The molecule has 1 aliphatic rings. The minimum Gasteiger partial charge on any atom is -0.444 e. The molecule has 6 rings (SSSR count). The molecule has 1 fully saturated rings. The number of aromatic nitrogens is 6. The molecule has 260 valence electrons. The molecule has 0 bridgehead atoms. The van der Waals surface area contributed by atoms with E-state index in [0.29, 0.717) is 36.5 Å². The number of fused-ring (bicyclic) bond motifs is 1. The number of nitrogens with one attached hydrogen (secondary N) is 2. The summed E-state index contributed by atoms with van der Waals surface area (Å²) >= 11 is 0. The second-order valence-corrected chi connectivity index (χ2v) is 14.0. The van der Waals surface area contributed by atoms with Crippen LogP contribution in [0.3, 0.4) is 0 Å². The van der Waals surface area contributed by atoms with Crippen molar-refractivity contribution in [2.45, 2.75) is 64.5 Å². The molecule has 1 aliphatic carbocycles. The molecule has 0 saturated heterocycles. The van der Waals surface area contributed by atoms with Crippen LogP contribution in [0.5, 0.6) is 0 Å². The number of rotatable bonds is 9. The Morgan fingerprint density at radius 1 is 0.980 bits per heavy atom. The van der Waals surface area contributed by atoms with Gasteiger partial charge in [0.15, 0.2) is 0 Å². The van der Waals surface area contributed by atoms with Crippen LogP contribution >= 0.6 is 0 Å². The van der Waals surface area contributed by atoms with Gasteiger partial charge < -0.3 is 20.4 Å². The first-order chi connectivity index (χ1) is 23.9. The maximum Gasteiger partial charge on any atom is 0.407 e. The smallest absolute Gasteiger partial charge is 0.407 e. The number of alkyl carbamates (subject to hydrolysis) is 1. The number of anilines is 1. The summed E-state index contributed by atoms with van der Waals surface area (Å²) in [7, 11) is 1.97. The van der Waals surface area contributed by atoms with Gasteiger partial charge in [0.1, 0.15) is 5.60 Å². The van der Waals surface area contributed by atoms with Gasteiger partial charge in [-0.25, -0.2) is 14.7 Å². The third-order valence-electron chi connectivity index (χ3n) is 9.09. The molecule has 3 amide bonds. The standard InChI is InChI=1S/C37H43N9O4/c1-37(2,3)50-36(49)39-21-24-7-11-27(12-8-24)34(47)46(29-16-13-26(14-17-29)33-41-43-44-42-33)35(48)30(38)19-23-5-9-25(10-6-23)28-15-18-32-31(20-28)40-22-45(32)4/h5-6,9-10,13-18,20,22,24,27,30H,7-8,11-12,19,21,38H2,1-4H3,(H,39,49)(H,41,42,43,44)/t24?,27?,30-/m0/s1. The number of aryl methyl sites for hydroxylation is 1. The molecule has 50 heavy (non-hydrogen) atoms. The number of hydrogen-bond acceptors (Lipinski definition) is 9. The first kappa shape index (κ1) is 34.4. The summed E-state index contributed by atoms with van der Waals surface area (Å²) in [6.07, 6.45) is 4.24. The van der Waals surface area contributed by atoms with Gasteiger partial charge in [0.25, 0.3) is 5.91 Å². The van der Waals surface area contributed by atoms with Crippen LogP contribution in [0.25, 0.3) is 33.5 Å². The van der Waals surface area contributed by atoms with E-state index in [2.05, 4.69) is 43.1 Å². The summed E-state index contributed by atoms with van der Waals surface area (Å²) in [5, 5.41) is 16.9. The summed E-state index contributed by atoms with van der Waals surface area (Å²) < 4.78 is 7.34. The third kappa shape index (κ3) is 8.05. The van der Waals surface area contributed by atoms with Crippen molar-refractivity contribution in [1.82, 2.24) is 35.5 Å². The number of nitrogens with zero attached hydrogens (tertiary/aromatic N) is 6. The van der Waals surface area contributed by atoms with Crippen LogP contribution < -0.4 is 16.0 Å². The van der Waals surface area contributed by atoms with Crippen LogP contribution in [0, 0.1) is 11.8 Å². The van der Waals surface area contributed by atoms with Crippen molar-refractivity contribution in [3.8, 4) is 22.5 Å². The zero-order chi connectivity index (χ0) is 35.4. The van der Waals surface area contributed by atoms with E-state index in [4.69, 9.17) is 10.5 Å². The first-order valence-corrected chi connectivity index (χ1v) is 16.9. The minimum atomic E-state index is -0.957. The number of H-pyrrole nitrogens is 1. The average Bonchev–Trinajstić information content (AvgIpc) is 3.78. The van der Waals surface area contributed by atoms with Gasteiger partial charge in [0.2, 0.25) is 11.7 Å². The van der Waals surface area contributed by atoms with Gasteiger partial charge in [-0.1, -0.05) is 30.3 Å². The zero-order valence-electron chi connectivity index (χ0n) is 28.8. The van der Waals surface area contributed by atoms with Gasteiger partial charge in [-0.3, -0.25) is 9.59 Å². The molecule has 2 heterocycles. The van der Waals surface area contributed by atoms with Gasteiger partial charge in [-0.15, -0.1) is 10.2 Å². The Bertz CT molecular complexity index is 1940. The summed E-state index contributed by atoms with van der Waals surface area (Å²) in [5.41, 5.74) is 12.0. The Balaban J connectivity index is 1.15. The predicted molar refractivity (Wildman–Crippen MR) is 190 cm³/mol. The maximum atomic E-state index is 14.1. The van der Waals surface area contributed by atoms with Crippen molar-refractivity contribution >= 4 is 34.6 Å². The van der Waals surface area contributed by atoms with Crippen LogP contribution in [0.4, 0.5) is 10.5 Å². The molecular formula is C37H43N9O4. The molecule has 2 aromatic heterocycles. The Morgan fingerprint density at radius 3 is 2.32 bits per heavy atom. The molecular weight excluding hydrogens is 634 g/mol. The Kier molecular flexibility index (Phi) is 10.0. The largest absolute Gasteiger partial charge is 0.444 e. The van der Waals surface area contributed by atoms with Gasteiger partial charge in [-0.05, 0) is 117 Å². The second-order valence-electron chi connectivity index (χ2n) is 14.0. The van der Waals surface area contributed by atoms with E-state index in [1.807, 2.05) is 62.7 Å². The highest BCUT2D eigenvalue weighted by Gasteiger charge is 2.35. The molecule has 0 unspecified atom stereocenters. The molecule has 0 spiro atoms. The highest BCUT2D eigenvalue weighted by atomic mass is 16.6. The van der Waals surface area contributed by atoms with Crippen molar-refractivity contribution in [3.05, 3.63) is 78.6 Å². The van der Waals surface area contributed by atoms with E-state index >= 15 is 0 Å². The monoisotopic (exact) mass is 677 g/mol. The van der Waals surface area contributed by atoms with Crippen molar-refractivity contribution in [2.75, 3.05) is 11.4 Å². The number of tetrazole rings is 1. The number of nitrogens with two attached hydrogens (primary N) is 1. The number of aromatic amines is 1. The van der Waals surface area contributed by atoms with Crippen molar-refractivity contribution in [1.29, 1.82) is 0 Å². The quantitative estimate of drug-likeness (QED) is 0.190. The molecule has 13 heteroatoms. The van der Waals surface area contributed by atoms with Crippen molar-refractivity contribution in [2.24, 2.45) is 24.6 Å². The highest BCUT2D eigenvalue weighted by Crippen LogP contribution is 2.32. The average molecular weight is 678 g/mol. The molecule has 3 aromatic carbocycles. The third-order valence-corrected chi connectivity index (χ3v) is 9.09. The summed E-state index contributed by atoms with van der Waals surface area (Å²) in [6.45, 7) is 5.93. The van der Waals surface area contributed by atoms with Gasteiger partial charge in [0, 0.05) is 25.1 Å². The normalized spacial score (nSPS) is 16.9. The van der Waals surface area contributed by atoms with Crippen LogP contribution in [0.15, 0.2) is 73.1 Å². The Morgan fingerprint density at radius 2 is 1.66 bits per heavy atom. The summed E-state index contributed by atoms with van der Waals surface area (Å²) in [6, 6.07) is 20.1. The molecule has 5 aromatic rings. The molecule has 4 N–H and O–H groups in total. The topological polar surface area (TPSA) is 174 Å².